The van der Waals surface area contributed by atoms with Crippen LogP contribution in [0.15, 0.2) is 48.5 Å². The Bertz CT molecular complexity index is 953. The summed E-state index contributed by atoms with van der Waals surface area (Å²) in [5.41, 5.74) is 3.63. The van der Waals surface area contributed by atoms with E-state index in [0.29, 0.717) is 0 Å². The molecule has 3 fully saturated rings. The predicted molar refractivity (Wildman–Crippen MR) is 144 cm³/mol. The van der Waals surface area contributed by atoms with Crippen LogP contribution in [0.25, 0.3) is 0 Å². The zero-order valence-corrected chi connectivity index (χ0v) is 22.7. The summed E-state index contributed by atoms with van der Waals surface area (Å²) in [5, 5.41) is 0. The molecule has 0 spiro atoms. The first-order valence-corrected chi connectivity index (χ1v) is 13.2. The average Bonchev–Trinajstić information content (AvgIpc) is 3.42. The Hall–Kier alpha value is -1.59. The van der Waals surface area contributed by atoms with Crippen LogP contribution in [0.3, 0.4) is 0 Å². The van der Waals surface area contributed by atoms with Crippen molar-refractivity contribution in [3.05, 3.63) is 59.7 Å². The van der Waals surface area contributed by atoms with Gasteiger partial charge in [-0.25, -0.2) is 0 Å². The minimum absolute atomic E-state index is 0.0446. The minimum atomic E-state index is -0.331. The molecule has 2 aromatic carbocycles. The van der Waals surface area contributed by atoms with E-state index in [1.807, 2.05) is 0 Å². The van der Waals surface area contributed by atoms with E-state index >= 15 is 0 Å². The van der Waals surface area contributed by atoms with Crippen LogP contribution >= 0.6 is 0 Å². The van der Waals surface area contributed by atoms with E-state index in [1.54, 1.807) is 0 Å². The fraction of sp³-hybridized carbons (Fsp3) is 0.586. The Kier molecular flexibility index (Phi) is 5.88. The van der Waals surface area contributed by atoms with Crippen molar-refractivity contribution in [3.63, 3.8) is 0 Å². The normalized spacial score (nSPS) is 25.8. The largest absolute Gasteiger partial charge is 0.494 e. The standard InChI is InChI=1S/C29H40B2O4/c1-25(2)26(3,4)33-30(32-25)23-15-11-21(12-16-23)29(19-9-10-20-29)22-13-17-24(18-14-22)31-34-27(5,6)28(7,8)35-31/h11-18H,9-10,19-20H2,1-8H3. The second-order valence-electron chi connectivity index (χ2n) is 12.7. The van der Waals surface area contributed by atoms with E-state index in [1.165, 1.54) is 36.8 Å². The van der Waals surface area contributed by atoms with Crippen molar-refractivity contribution in [2.24, 2.45) is 0 Å². The SMILES string of the molecule is CC1(C)OB(c2ccc(C3(c4ccc(B5OC(C)(C)C(C)(C)O5)cc4)CCCC3)cc2)OC1(C)C. The summed E-state index contributed by atoms with van der Waals surface area (Å²) in [5.74, 6) is 0. The molecule has 0 N–H and O–H groups in total. The van der Waals surface area contributed by atoms with Gasteiger partial charge in [0.25, 0.3) is 0 Å². The number of hydrogen-bond donors (Lipinski definition) is 0. The van der Waals surface area contributed by atoms with Gasteiger partial charge in [-0.05, 0) is 90.3 Å². The molecule has 2 heterocycles. The van der Waals surface area contributed by atoms with Gasteiger partial charge in [-0.3, -0.25) is 0 Å². The molecule has 1 saturated carbocycles. The average molecular weight is 474 g/mol. The molecular formula is C29H40B2O4. The van der Waals surface area contributed by atoms with Crippen LogP contribution in [0.4, 0.5) is 0 Å². The number of benzene rings is 2. The highest BCUT2D eigenvalue weighted by Crippen LogP contribution is 2.46. The van der Waals surface area contributed by atoms with Gasteiger partial charge < -0.3 is 18.6 Å². The molecule has 2 aromatic rings. The lowest BCUT2D eigenvalue weighted by molar-refractivity contribution is 0.00578. The van der Waals surface area contributed by atoms with Gasteiger partial charge in [-0.15, -0.1) is 0 Å². The van der Waals surface area contributed by atoms with Crippen molar-refractivity contribution in [3.8, 4) is 0 Å². The molecule has 6 heteroatoms. The van der Waals surface area contributed by atoms with Crippen molar-refractivity contribution >= 4 is 25.2 Å². The third-order valence-electron chi connectivity index (χ3n) is 9.43. The molecule has 0 amide bonds. The zero-order valence-electron chi connectivity index (χ0n) is 22.7. The second kappa shape index (κ2) is 8.21. The van der Waals surface area contributed by atoms with Gasteiger partial charge in [0.1, 0.15) is 0 Å². The van der Waals surface area contributed by atoms with Gasteiger partial charge in [-0.1, -0.05) is 61.4 Å². The molecule has 4 nitrogen and oxygen atoms in total. The maximum Gasteiger partial charge on any atom is 0.494 e. The molecule has 35 heavy (non-hydrogen) atoms. The molecule has 2 saturated heterocycles. The van der Waals surface area contributed by atoms with Gasteiger partial charge in [0, 0.05) is 5.41 Å². The highest BCUT2D eigenvalue weighted by molar-refractivity contribution is 6.62. The molecule has 0 atom stereocenters. The zero-order chi connectivity index (χ0) is 25.3. The fourth-order valence-electron chi connectivity index (χ4n) is 5.60. The van der Waals surface area contributed by atoms with E-state index in [4.69, 9.17) is 18.6 Å². The topological polar surface area (TPSA) is 36.9 Å². The Labute approximate surface area is 212 Å². The summed E-state index contributed by atoms with van der Waals surface area (Å²) < 4.78 is 25.1. The molecule has 2 aliphatic heterocycles. The maximum atomic E-state index is 6.27. The van der Waals surface area contributed by atoms with Crippen molar-refractivity contribution in [2.75, 3.05) is 0 Å². The third kappa shape index (κ3) is 4.11. The second-order valence-corrected chi connectivity index (χ2v) is 12.7. The van der Waals surface area contributed by atoms with Gasteiger partial charge in [-0.2, -0.15) is 0 Å². The maximum absolute atomic E-state index is 6.27. The lowest BCUT2D eigenvalue weighted by atomic mass is 9.70. The predicted octanol–water partition coefficient (Wildman–Crippen LogP) is 5.15. The van der Waals surface area contributed by atoms with Crippen LogP contribution in [-0.2, 0) is 24.0 Å². The molecule has 3 aliphatic rings. The van der Waals surface area contributed by atoms with Crippen LogP contribution in [0.1, 0.15) is 92.2 Å². The van der Waals surface area contributed by atoms with E-state index in [9.17, 15) is 0 Å². The summed E-state index contributed by atoms with van der Waals surface area (Å²) >= 11 is 0. The highest BCUT2D eigenvalue weighted by Gasteiger charge is 2.53. The first kappa shape index (κ1) is 25.1. The molecular weight excluding hydrogens is 434 g/mol. The number of rotatable bonds is 4. The molecule has 0 radical (unpaired) electrons. The minimum Gasteiger partial charge on any atom is -0.399 e. The Balaban J connectivity index is 1.39. The Morgan fingerprint density at radius 2 is 0.771 bits per heavy atom. The van der Waals surface area contributed by atoms with Crippen LogP contribution in [0.2, 0.25) is 0 Å². The monoisotopic (exact) mass is 474 g/mol. The molecule has 0 aromatic heterocycles. The molecule has 5 rings (SSSR count). The summed E-state index contributed by atoms with van der Waals surface area (Å²) in [6.45, 7) is 16.8. The van der Waals surface area contributed by atoms with E-state index in [-0.39, 0.29) is 42.1 Å². The van der Waals surface area contributed by atoms with Crippen LogP contribution in [-0.4, -0.2) is 36.6 Å². The van der Waals surface area contributed by atoms with E-state index < -0.39 is 0 Å². The van der Waals surface area contributed by atoms with E-state index in [0.717, 1.165) is 10.9 Å². The summed E-state index contributed by atoms with van der Waals surface area (Å²) in [7, 11) is -0.652. The van der Waals surface area contributed by atoms with Crippen molar-refractivity contribution in [2.45, 2.75) is 109 Å². The molecule has 1 aliphatic carbocycles. The van der Waals surface area contributed by atoms with Crippen molar-refractivity contribution < 1.29 is 18.6 Å². The van der Waals surface area contributed by atoms with Gasteiger partial charge in [0.15, 0.2) is 0 Å². The van der Waals surface area contributed by atoms with Gasteiger partial charge in [0.2, 0.25) is 0 Å². The van der Waals surface area contributed by atoms with Crippen molar-refractivity contribution in [1.82, 2.24) is 0 Å². The summed E-state index contributed by atoms with van der Waals surface area (Å²) in [6, 6.07) is 17.9. The summed E-state index contributed by atoms with van der Waals surface area (Å²) in [6.07, 6.45) is 4.83. The van der Waals surface area contributed by atoms with Crippen LogP contribution in [0, 0.1) is 0 Å². The first-order chi connectivity index (χ1) is 16.3. The molecule has 0 bridgehead atoms. The third-order valence-corrected chi connectivity index (χ3v) is 9.43. The molecule has 0 unspecified atom stereocenters. The molecule has 186 valence electrons. The quantitative estimate of drug-likeness (QED) is 0.575. The number of hydrogen-bond acceptors (Lipinski definition) is 4. The Morgan fingerprint density at radius 3 is 1.06 bits per heavy atom. The first-order valence-electron chi connectivity index (χ1n) is 13.2. The van der Waals surface area contributed by atoms with Crippen molar-refractivity contribution in [1.29, 1.82) is 0 Å². The smallest absolute Gasteiger partial charge is 0.399 e. The fourth-order valence-corrected chi connectivity index (χ4v) is 5.60. The van der Waals surface area contributed by atoms with Gasteiger partial charge in [0.05, 0.1) is 22.4 Å². The van der Waals surface area contributed by atoms with E-state index in [2.05, 4.69) is 104 Å². The van der Waals surface area contributed by atoms with Gasteiger partial charge >= 0.3 is 14.2 Å². The highest BCUT2D eigenvalue weighted by atomic mass is 16.7. The lowest BCUT2D eigenvalue weighted by Crippen LogP contribution is -2.41. The summed E-state index contributed by atoms with van der Waals surface area (Å²) in [4.78, 5) is 0. The van der Waals surface area contributed by atoms with Crippen LogP contribution < -0.4 is 10.9 Å². The lowest BCUT2D eigenvalue weighted by Gasteiger charge is -2.32. The Morgan fingerprint density at radius 1 is 0.486 bits per heavy atom. The van der Waals surface area contributed by atoms with Crippen LogP contribution in [0.5, 0.6) is 0 Å².